The Labute approximate surface area is 125 Å². The number of phenolic OH excluding ortho intramolecular Hbond substituents is 2. The van der Waals surface area contributed by atoms with Crippen molar-refractivity contribution in [1.29, 1.82) is 0 Å². The zero-order valence-corrected chi connectivity index (χ0v) is 12.9. The van der Waals surface area contributed by atoms with Gasteiger partial charge in [-0.1, -0.05) is 33.6 Å². The topological polar surface area (TPSA) is 40.5 Å². The van der Waals surface area contributed by atoms with Crippen molar-refractivity contribution < 1.29 is 10.2 Å². The molecule has 2 aromatic rings. The number of halogens is 1. The molecule has 5 heteroatoms. The van der Waals surface area contributed by atoms with Gasteiger partial charge in [-0.3, -0.25) is 0 Å². The number of phenols is 2. The standard InChI is InChI=1S/C7H8O.C6H5BrO.S2/c1-6-2-4-7(8)5-3-6;7-5-1-3-6(8)4-2-5;1-2/h2-5,8H,1H3;1-4,8H;. The smallest absolute Gasteiger partial charge is 0.115 e. The SMILES string of the molecule is Cc1ccc(O)cc1.Oc1ccc(Br)cc1.S=S. The number of aryl methyl sites for hydroxylation is 1. The molecule has 0 aliphatic carbocycles. The highest BCUT2D eigenvalue weighted by molar-refractivity contribution is 9.10. The lowest BCUT2D eigenvalue weighted by molar-refractivity contribution is 0.474. The van der Waals surface area contributed by atoms with Crippen LogP contribution in [0.2, 0.25) is 0 Å². The Hall–Kier alpha value is -1.04. The molecule has 0 aromatic heterocycles. The lowest BCUT2D eigenvalue weighted by atomic mass is 10.2. The lowest BCUT2D eigenvalue weighted by Gasteiger charge is -1.89. The predicted molar refractivity (Wildman–Crippen MR) is 83.4 cm³/mol. The summed E-state index contributed by atoms with van der Waals surface area (Å²) in [5, 5.41) is 17.5. The maximum atomic E-state index is 8.76. The lowest BCUT2D eigenvalue weighted by Crippen LogP contribution is -1.66. The summed E-state index contributed by atoms with van der Waals surface area (Å²) >= 11 is 10.6. The van der Waals surface area contributed by atoms with Crippen molar-refractivity contribution in [3.8, 4) is 11.5 Å². The van der Waals surface area contributed by atoms with E-state index in [9.17, 15) is 0 Å². The summed E-state index contributed by atoms with van der Waals surface area (Å²) in [6.07, 6.45) is 0. The average molecular weight is 345 g/mol. The quantitative estimate of drug-likeness (QED) is 0.761. The van der Waals surface area contributed by atoms with Gasteiger partial charge in [0.05, 0.1) is 0 Å². The van der Waals surface area contributed by atoms with Gasteiger partial charge in [0, 0.05) is 26.8 Å². The molecule has 2 rings (SSSR count). The largest absolute Gasteiger partial charge is 0.508 e. The van der Waals surface area contributed by atoms with Crippen LogP contribution in [-0.2, 0) is 22.4 Å². The second kappa shape index (κ2) is 9.94. The van der Waals surface area contributed by atoms with Crippen LogP contribution in [0.4, 0.5) is 0 Å². The number of benzene rings is 2. The highest BCUT2D eigenvalue weighted by Gasteiger charge is 1.83. The fraction of sp³-hybridized carbons (Fsp3) is 0.0769. The van der Waals surface area contributed by atoms with Crippen LogP contribution in [-0.4, -0.2) is 10.2 Å². The van der Waals surface area contributed by atoms with Gasteiger partial charge in [0.15, 0.2) is 0 Å². The fourth-order valence-electron chi connectivity index (χ4n) is 0.986. The molecule has 0 saturated heterocycles. The first-order chi connectivity index (χ1) is 8.58. The number of rotatable bonds is 0. The van der Waals surface area contributed by atoms with Gasteiger partial charge in [-0.15, -0.1) is 0 Å². The van der Waals surface area contributed by atoms with Crippen LogP contribution in [0.3, 0.4) is 0 Å². The van der Waals surface area contributed by atoms with Gasteiger partial charge in [-0.05, 0) is 43.3 Å². The molecule has 0 spiro atoms. The molecule has 0 atom stereocenters. The van der Waals surface area contributed by atoms with E-state index in [0.29, 0.717) is 11.5 Å². The second-order valence-corrected chi connectivity index (χ2v) is 4.23. The molecule has 96 valence electrons. The highest BCUT2D eigenvalue weighted by atomic mass is 79.9. The average Bonchev–Trinajstić information content (AvgIpc) is 2.40. The van der Waals surface area contributed by atoms with Gasteiger partial charge in [0.2, 0.25) is 0 Å². The van der Waals surface area contributed by atoms with Crippen molar-refractivity contribution in [2.24, 2.45) is 0 Å². The first kappa shape index (κ1) is 17.0. The van der Waals surface area contributed by atoms with Crippen LogP contribution >= 0.6 is 15.9 Å². The maximum absolute atomic E-state index is 8.76. The summed E-state index contributed by atoms with van der Waals surface area (Å²) < 4.78 is 0.982. The van der Waals surface area contributed by atoms with Crippen LogP contribution < -0.4 is 0 Å². The van der Waals surface area contributed by atoms with Gasteiger partial charge in [0.25, 0.3) is 0 Å². The highest BCUT2D eigenvalue weighted by Crippen LogP contribution is 2.13. The van der Waals surface area contributed by atoms with E-state index < -0.39 is 0 Å². The second-order valence-electron chi connectivity index (χ2n) is 3.31. The first-order valence-electron chi connectivity index (χ1n) is 4.95. The Kier molecular flexibility index (Phi) is 9.36. The van der Waals surface area contributed by atoms with Gasteiger partial charge < -0.3 is 10.2 Å². The number of hydrogen-bond donors (Lipinski definition) is 2. The number of hydrogen-bond acceptors (Lipinski definition) is 4. The van der Waals surface area contributed by atoms with E-state index in [1.165, 1.54) is 5.56 Å². The van der Waals surface area contributed by atoms with E-state index in [2.05, 4.69) is 38.3 Å². The summed E-state index contributed by atoms with van der Waals surface area (Å²) in [5.41, 5.74) is 1.17. The molecule has 0 radical (unpaired) electrons. The Balaban J connectivity index is 0.000000283. The zero-order chi connectivity index (χ0) is 14.0. The Morgan fingerprint density at radius 1 is 0.778 bits per heavy atom. The monoisotopic (exact) mass is 344 g/mol. The summed E-state index contributed by atoms with van der Waals surface area (Å²) in [7, 11) is 0. The van der Waals surface area contributed by atoms with Gasteiger partial charge in [-0.2, -0.15) is 0 Å². The summed E-state index contributed by atoms with van der Waals surface area (Å²) in [5.74, 6) is 0.629. The maximum Gasteiger partial charge on any atom is 0.115 e. The van der Waals surface area contributed by atoms with E-state index in [1.807, 2.05) is 19.1 Å². The molecule has 0 aliphatic rings. The minimum Gasteiger partial charge on any atom is -0.508 e. The minimum atomic E-state index is 0.299. The van der Waals surface area contributed by atoms with Crippen LogP contribution in [0.15, 0.2) is 53.0 Å². The van der Waals surface area contributed by atoms with Crippen LogP contribution in [0.25, 0.3) is 0 Å². The van der Waals surface area contributed by atoms with E-state index in [0.717, 1.165) is 4.47 Å². The van der Waals surface area contributed by atoms with Gasteiger partial charge in [-0.25, -0.2) is 0 Å². The third kappa shape index (κ3) is 8.11. The van der Waals surface area contributed by atoms with Crippen molar-refractivity contribution in [2.75, 3.05) is 0 Å². The number of aromatic hydroxyl groups is 2. The molecule has 0 unspecified atom stereocenters. The normalized spacial score (nSPS) is 8.33. The Morgan fingerprint density at radius 2 is 1.11 bits per heavy atom. The molecule has 0 fully saturated rings. The molecule has 0 saturated carbocycles. The fourth-order valence-corrected chi connectivity index (χ4v) is 1.25. The third-order valence-corrected chi connectivity index (χ3v) is 2.39. The molecule has 0 aliphatic heterocycles. The molecule has 0 amide bonds. The summed E-state index contributed by atoms with van der Waals surface area (Å²) in [6, 6.07) is 13.9. The summed E-state index contributed by atoms with van der Waals surface area (Å²) in [4.78, 5) is 0. The van der Waals surface area contributed by atoms with Crippen LogP contribution in [0.1, 0.15) is 5.56 Å². The first-order valence-corrected chi connectivity index (χ1v) is 7.07. The van der Waals surface area contributed by atoms with Crippen molar-refractivity contribution in [2.45, 2.75) is 6.92 Å². The van der Waals surface area contributed by atoms with E-state index in [4.69, 9.17) is 10.2 Å². The van der Waals surface area contributed by atoms with Crippen molar-refractivity contribution in [3.63, 3.8) is 0 Å². The molecule has 18 heavy (non-hydrogen) atoms. The molecule has 2 aromatic carbocycles. The zero-order valence-electron chi connectivity index (χ0n) is 9.71. The third-order valence-electron chi connectivity index (χ3n) is 1.86. The van der Waals surface area contributed by atoms with Crippen molar-refractivity contribution >= 4 is 38.3 Å². The van der Waals surface area contributed by atoms with E-state index >= 15 is 0 Å². The molecule has 2 nitrogen and oxygen atoms in total. The van der Waals surface area contributed by atoms with Crippen LogP contribution in [0, 0.1) is 6.92 Å². The minimum absolute atomic E-state index is 0.299. The van der Waals surface area contributed by atoms with Crippen molar-refractivity contribution in [1.82, 2.24) is 0 Å². The van der Waals surface area contributed by atoms with E-state index in [-0.39, 0.29) is 0 Å². The predicted octanol–water partition coefficient (Wildman–Crippen LogP) is 3.85. The molecule has 0 heterocycles. The Bertz CT molecular complexity index is 358. The molecule has 0 bridgehead atoms. The summed E-state index contributed by atoms with van der Waals surface area (Å²) in [6.45, 7) is 1.99. The van der Waals surface area contributed by atoms with Gasteiger partial charge in [0.1, 0.15) is 11.5 Å². The molecule has 2 N–H and O–H groups in total. The molecular weight excluding hydrogens is 332 g/mol. The van der Waals surface area contributed by atoms with Crippen LogP contribution in [0.5, 0.6) is 11.5 Å². The van der Waals surface area contributed by atoms with E-state index in [1.54, 1.807) is 36.4 Å². The molecular formula is C13H13BrO2S2. The van der Waals surface area contributed by atoms with Gasteiger partial charge >= 0.3 is 0 Å². The van der Waals surface area contributed by atoms with Crippen molar-refractivity contribution in [3.05, 3.63) is 58.6 Å². The Morgan fingerprint density at radius 3 is 1.39 bits per heavy atom.